The predicted molar refractivity (Wildman–Crippen MR) is 83.0 cm³/mol. The third-order valence-electron chi connectivity index (χ3n) is 3.93. The van der Waals surface area contributed by atoms with Gasteiger partial charge in [0.15, 0.2) is 11.5 Å². The molecule has 1 aromatic carbocycles. The number of aromatic nitrogens is 2. The van der Waals surface area contributed by atoms with Gasteiger partial charge in [0.2, 0.25) is 0 Å². The minimum atomic E-state index is -4.62. The maximum Gasteiger partial charge on any atom is 0.434 e. The number of carbonyl (C=O) groups excluding carboxylic acids is 1. The van der Waals surface area contributed by atoms with Crippen LogP contribution in [0.2, 0.25) is 0 Å². The van der Waals surface area contributed by atoms with Crippen molar-refractivity contribution in [1.82, 2.24) is 15.3 Å². The normalized spacial score (nSPS) is 17.9. The van der Waals surface area contributed by atoms with E-state index in [0.717, 1.165) is 6.20 Å². The summed E-state index contributed by atoms with van der Waals surface area (Å²) >= 11 is 0. The maximum atomic E-state index is 14.3. The number of carbonyl (C=O) groups is 1. The summed E-state index contributed by atoms with van der Waals surface area (Å²) in [5, 5.41) is 3.10. The zero-order chi connectivity index (χ0) is 18.7. The van der Waals surface area contributed by atoms with Crippen LogP contribution < -0.4 is 5.32 Å². The van der Waals surface area contributed by atoms with Crippen molar-refractivity contribution in [2.24, 2.45) is 0 Å². The maximum absolute atomic E-state index is 14.3. The summed E-state index contributed by atoms with van der Waals surface area (Å²) in [6, 6.07) is 4.36. The number of alkyl halides is 3. The number of ether oxygens (including phenoxy) is 1. The molecule has 1 N–H and O–H groups in total. The van der Waals surface area contributed by atoms with Crippen molar-refractivity contribution in [3.63, 3.8) is 0 Å². The predicted octanol–water partition coefficient (Wildman–Crippen LogP) is 2.72. The van der Waals surface area contributed by atoms with Crippen molar-refractivity contribution in [2.75, 3.05) is 19.7 Å². The molecule has 1 atom stereocenters. The summed E-state index contributed by atoms with van der Waals surface area (Å²) in [5.41, 5.74) is -0.600. The van der Waals surface area contributed by atoms with E-state index in [4.69, 9.17) is 4.74 Å². The first-order valence-corrected chi connectivity index (χ1v) is 7.87. The van der Waals surface area contributed by atoms with Crippen molar-refractivity contribution in [3.05, 3.63) is 58.9 Å². The van der Waals surface area contributed by atoms with Crippen molar-refractivity contribution >= 4 is 5.78 Å². The standard InChI is InChI=1S/C17H15F4N3O2/c18-12-5-10(1-2-11(12)15-8-22-3-4-26-15)6-14(25)13-7-24-16(9-23-13)17(19,20)21/h1-2,5,7,9,15,22H,3-4,6,8H2/t15-/m1/s1. The Kier molecular flexibility index (Phi) is 5.28. The number of morpholine rings is 1. The van der Waals surface area contributed by atoms with Crippen LogP contribution in [0, 0.1) is 5.82 Å². The van der Waals surface area contributed by atoms with E-state index in [-0.39, 0.29) is 12.1 Å². The van der Waals surface area contributed by atoms with Crippen LogP contribution in [0.3, 0.4) is 0 Å². The van der Waals surface area contributed by atoms with Crippen LogP contribution in [-0.2, 0) is 17.3 Å². The Balaban J connectivity index is 1.70. The van der Waals surface area contributed by atoms with Gasteiger partial charge in [-0.05, 0) is 11.6 Å². The summed E-state index contributed by atoms with van der Waals surface area (Å²) < 4.78 is 57.2. The Morgan fingerprint density at radius 3 is 2.65 bits per heavy atom. The molecule has 2 heterocycles. The molecule has 0 radical (unpaired) electrons. The van der Waals surface area contributed by atoms with Crippen molar-refractivity contribution < 1.29 is 27.1 Å². The van der Waals surface area contributed by atoms with Gasteiger partial charge in [-0.25, -0.2) is 14.4 Å². The van der Waals surface area contributed by atoms with Crippen molar-refractivity contribution in [2.45, 2.75) is 18.7 Å². The third kappa shape index (κ3) is 4.23. The van der Waals surface area contributed by atoms with Crippen molar-refractivity contribution in [3.8, 4) is 0 Å². The molecule has 1 saturated heterocycles. The average molecular weight is 369 g/mol. The SMILES string of the molecule is O=C(Cc1ccc([C@H]2CNCCO2)c(F)c1)c1cnc(C(F)(F)F)cn1. The molecule has 0 saturated carbocycles. The first kappa shape index (κ1) is 18.4. The molecule has 1 aliphatic heterocycles. The van der Waals surface area contributed by atoms with E-state index in [0.29, 0.717) is 37.0 Å². The largest absolute Gasteiger partial charge is 0.434 e. The molecule has 1 aliphatic rings. The first-order chi connectivity index (χ1) is 12.3. The molecule has 138 valence electrons. The van der Waals surface area contributed by atoms with Crippen LogP contribution in [0.15, 0.2) is 30.6 Å². The summed E-state index contributed by atoms with van der Waals surface area (Å²) in [7, 11) is 0. The number of nitrogens with one attached hydrogen (secondary N) is 1. The Morgan fingerprint density at radius 1 is 1.27 bits per heavy atom. The number of hydrogen-bond donors (Lipinski definition) is 1. The molecule has 1 aromatic heterocycles. The van der Waals surface area contributed by atoms with Crippen molar-refractivity contribution in [1.29, 1.82) is 0 Å². The second-order valence-corrected chi connectivity index (χ2v) is 5.80. The third-order valence-corrected chi connectivity index (χ3v) is 3.93. The lowest BCUT2D eigenvalue weighted by atomic mass is 10.0. The lowest BCUT2D eigenvalue weighted by Gasteiger charge is -2.24. The summed E-state index contributed by atoms with van der Waals surface area (Å²) in [6.07, 6.45) is -3.93. The van der Waals surface area contributed by atoms with Gasteiger partial charge in [0, 0.05) is 25.1 Å². The molecule has 5 nitrogen and oxygen atoms in total. The number of nitrogens with zero attached hydrogens (tertiary/aromatic N) is 2. The minimum absolute atomic E-state index is 0.193. The van der Waals surface area contributed by atoms with E-state index < -0.39 is 29.6 Å². The van der Waals surface area contributed by atoms with Crippen LogP contribution in [0.25, 0.3) is 0 Å². The van der Waals surface area contributed by atoms with Gasteiger partial charge in [0.1, 0.15) is 11.5 Å². The van der Waals surface area contributed by atoms with Gasteiger partial charge in [0.05, 0.1) is 25.1 Å². The minimum Gasteiger partial charge on any atom is -0.371 e. The van der Waals surface area contributed by atoms with Gasteiger partial charge >= 0.3 is 6.18 Å². The zero-order valence-corrected chi connectivity index (χ0v) is 13.5. The fourth-order valence-electron chi connectivity index (χ4n) is 2.60. The molecule has 1 fully saturated rings. The Hall–Kier alpha value is -2.39. The van der Waals surface area contributed by atoms with Gasteiger partial charge in [0.25, 0.3) is 0 Å². The fraction of sp³-hybridized carbons (Fsp3) is 0.353. The highest BCUT2D eigenvalue weighted by Gasteiger charge is 2.33. The molecule has 0 aliphatic carbocycles. The smallest absolute Gasteiger partial charge is 0.371 e. The highest BCUT2D eigenvalue weighted by Crippen LogP contribution is 2.27. The second kappa shape index (κ2) is 7.46. The molecule has 0 spiro atoms. The van der Waals surface area contributed by atoms with Gasteiger partial charge in [-0.15, -0.1) is 0 Å². The van der Waals surface area contributed by atoms with E-state index in [9.17, 15) is 22.4 Å². The van der Waals surface area contributed by atoms with Gasteiger partial charge in [-0.3, -0.25) is 4.79 Å². The molecule has 26 heavy (non-hydrogen) atoms. The lowest BCUT2D eigenvalue weighted by Crippen LogP contribution is -2.33. The van der Waals surface area contributed by atoms with Crippen LogP contribution in [-0.4, -0.2) is 35.4 Å². The van der Waals surface area contributed by atoms with E-state index in [2.05, 4.69) is 15.3 Å². The van der Waals surface area contributed by atoms with E-state index in [1.807, 2.05) is 0 Å². The molecule has 3 rings (SSSR count). The monoisotopic (exact) mass is 369 g/mol. The molecule has 0 amide bonds. The van der Waals surface area contributed by atoms with Crippen LogP contribution in [0.5, 0.6) is 0 Å². The quantitative estimate of drug-likeness (QED) is 0.663. The number of rotatable bonds is 4. The first-order valence-electron chi connectivity index (χ1n) is 7.87. The van der Waals surface area contributed by atoms with E-state index in [1.165, 1.54) is 6.07 Å². The summed E-state index contributed by atoms with van der Waals surface area (Å²) in [4.78, 5) is 18.8. The summed E-state index contributed by atoms with van der Waals surface area (Å²) in [5.74, 6) is -1.04. The van der Waals surface area contributed by atoms with E-state index in [1.54, 1.807) is 12.1 Å². The fourth-order valence-corrected chi connectivity index (χ4v) is 2.60. The molecule has 0 bridgehead atoms. The molecule has 0 unspecified atom stereocenters. The average Bonchev–Trinajstić information content (AvgIpc) is 2.62. The Labute approximate surface area is 146 Å². The van der Waals surface area contributed by atoms with Crippen LogP contribution >= 0.6 is 0 Å². The number of Topliss-reactive ketones (excluding diaryl/α,β-unsaturated/α-hetero) is 1. The van der Waals surface area contributed by atoms with Gasteiger partial charge < -0.3 is 10.1 Å². The molecular weight excluding hydrogens is 354 g/mol. The second-order valence-electron chi connectivity index (χ2n) is 5.80. The van der Waals surface area contributed by atoms with Crippen LogP contribution in [0.1, 0.15) is 33.4 Å². The molecule has 9 heteroatoms. The molecule has 2 aromatic rings. The number of ketones is 1. The van der Waals surface area contributed by atoms with Gasteiger partial charge in [-0.2, -0.15) is 13.2 Å². The highest BCUT2D eigenvalue weighted by atomic mass is 19.4. The Morgan fingerprint density at radius 2 is 2.08 bits per heavy atom. The topological polar surface area (TPSA) is 64.1 Å². The Bertz CT molecular complexity index is 788. The zero-order valence-electron chi connectivity index (χ0n) is 13.5. The molecular formula is C17H15F4N3O2. The highest BCUT2D eigenvalue weighted by molar-refractivity contribution is 5.95. The number of benzene rings is 1. The number of halogens is 4. The van der Waals surface area contributed by atoms with Gasteiger partial charge in [-0.1, -0.05) is 12.1 Å². The lowest BCUT2D eigenvalue weighted by molar-refractivity contribution is -0.141. The summed E-state index contributed by atoms with van der Waals surface area (Å²) in [6.45, 7) is 1.69. The van der Waals surface area contributed by atoms with E-state index >= 15 is 0 Å². The van der Waals surface area contributed by atoms with Crippen LogP contribution in [0.4, 0.5) is 17.6 Å². The number of hydrogen-bond acceptors (Lipinski definition) is 5.